The summed E-state index contributed by atoms with van der Waals surface area (Å²) in [5.41, 5.74) is 1.35. The molecule has 0 radical (unpaired) electrons. The summed E-state index contributed by atoms with van der Waals surface area (Å²) in [6, 6.07) is 11.5. The standard InChI is InChI=1S/C20H32N4O.HI/c1-15-13-18(15)23-19(21-3)22-14-20(9-11-25-12-10-20)24-16(2)17-7-5-4-6-8-17;/h4-8,15-16,18,24H,9-14H2,1-3H3,(H2,21,22,23);1H. The van der Waals surface area contributed by atoms with Crippen LogP contribution in [0, 0.1) is 5.92 Å². The van der Waals surface area contributed by atoms with Crippen molar-refractivity contribution in [2.45, 2.75) is 50.7 Å². The Morgan fingerprint density at radius 1 is 1.27 bits per heavy atom. The average molecular weight is 472 g/mol. The molecule has 3 unspecified atom stereocenters. The Labute approximate surface area is 174 Å². The molecular weight excluding hydrogens is 439 g/mol. The fourth-order valence-corrected chi connectivity index (χ4v) is 3.56. The SMILES string of the molecule is CN=C(NCC1(NC(C)c2ccccc2)CCOCC1)NC1CC1C.I. The van der Waals surface area contributed by atoms with Crippen LogP contribution in [-0.2, 0) is 4.74 Å². The van der Waals surface area contributed by atoms with Crippen LogP contribution in [0.3, 0.4) is 0 Å². The lowest BCUT2D eigenvalue weighted by atomic mass is 9.88. The number of hydrogen-bond acceptors (Lipinski definition) is 3. The number of aliphatic imine (C=N–C) groups is 1. The van der Waals surface area contributed by atoms with Crippen LogP contribution in [0.1, 0.15) is 44.7 Å². The van der Waals surface area contributed by atoms with Crippen molar-refractivity contribution in [3.8, 4) is 0 Å². The van der Waals surface area contributed by atoms with E-state index in [1.54, 1.807) is 0 Å². The topological polar surface area (TPSA) is 57.7 Å². The molecule has 2 aliphatic rings. The molecule has 0 amide bonds. The first-order valence-electron chi connectivity index (χ1n) is 9.49. The molecule has 26 heavy (non-hydrogen) atoms. The van der Waals surface area contributed by atoms with Crippen molar-refractivity contribution in [2.75, 3.05) is 26.8 Å². The Bertz CT molecular complexity index is 574. The smallest absolute Gasteiger partial charge is 0.191 e. The van der Waals surface area contributed by atoms with E-state index in [9.17, 15) is 0 Å². The summed E-state index contributed by atoms with van der Waals surface area (Å²) in [5, 5.41) is 10.9. The minimum absolute atomic E-state index is 0. The minimum Gasteiger partial charge on any atom is -0.381 e. The van der Waals surface area contributed by atoms with Crippen molar-refractivity contribution in [2.24, 2.45) is 10.9 Å². The maximum atomic E-state index is 5.62. The van der Waals surface area contributed by atoms with Crippen LogP contribution in [0.5, 0.6) is 0 Å². The van der Waals surface area contributed by atoms with Crippen LogP contribution < -0.4 is 16.0 Å². The molecule has 0 aromatic heterocycles. The molecule has 3 atom stereocenters. The summed E-state index contributed by atoms with van der Waals surface area (Å²) in [4.78, 5) is 4.39. The molecule has 146 valence electrons. The van der Waals surface area contributed by atoms with E-state index >= 15 is 0 Å². The number of hydrogen-bond donors (Lipinski definition) is 3. The second-order valence-electron chi connectivity index (χ2n) is 7.56. The molecule has 2 fully saturated rings. The highest BCUT2D eigenvalue weighted by atomic mass is 127. The lowest BCUT2D eigenvalue weighted by Crippen LogP contribution is -2.58. The van der Waals surface area contributed by atoms with Crippen molar-refractivity contribution in [1.82, 2.24) is 16.0 Å². The van der Waals surface area contributed by atoms with Gasteiger partial charge in [-0.3, -0.25) is 4.99 Å². The molecule has 3 N–H and O–H groups in total. The highest BCUT2D eigenvalue weighted by Gasteiger charge is 2.36. The summed E-state index contributed by atoms with van der Waals surface area (Å²) in [6.07, 6.45) is 3.25. The van der Waals surface area contributed by atoms with Crippen LogP contribution in [0.4, 0.5) is 0 Å². The van der Waals surface area contributed by atoms with Crippen molar-refractivity contribution < 1.29 is 4.74 Å². The third-order valence-electron chi connectivity index (χ3n) is 5.52. The van der Waals surface area contributed by atoms with Crippen LogP contribution in [0.15, 0.2) is 35.3 Å². The van der Waals surface area contributed by atoms with Gasteiger partial charge in [0.25, 0.3) is 0 Å². The molecule has 1 aromatic rings. The highest BCUT2D eigenvalue weighted by Crippen LogP contribution is 2.29. The maximum Gasteiger partial charge on any atom is 0.191 e. The Kier molecular flexibility index (Phi) is 8.16. The summed E-state index contributed by atoms with van der Waals surface area (Å²) < 4.78 is 5.62. The predicted octanol–water partition coefficient (Wildman–Crippen LogP) is 3.08. The van der Waals surface area contributed by atoms with Crippen LogP contribution in [0.2, 0.25) is 0 Å². The Morgan fingerprint density at radius 3 is 2.50 bits per heavy atom. The molecule has 0 bridgehead atoms. The molecule has 1 heterocycles. The Balaban J connectivity index is 0.00000243. The van der Waals surface area contributed by atoms with Gasteiger partial charge in [0.05, 0.1) is 0 Å². The zero-order chi connectivity index (χ0) is 17.7. The predicted molar refractivity (Wildman–Crippen MR) is 118 cm³/mol. The zero-order valence-corrected chi connectivity index (χ0v) is 18.5. The number of nitrogens with zero attached hydrogens (tertiary/aromatic N) is 1. The van der Waals surface area contributed by atoms with E-state index in [4.69, 9.17) is 4.74 Å². The molecule has 6 heteroatoms. The fourth-order valence-electron chi connectivity index (χ4n) is 3.56. The number of nitrogens with one attached hydrogen (secondary N) is 3. The highest BCUT2D eigenvalue weighted by molar-refractivity contribution is 14.0. The van der Waals surface area contributed by atoms with Crippen LogP contribution in [-0.4, -0.2) is 44.3 Å². The van der Waals surface area contributed by atoms with Gasteiger partial charge < -0.3 is 20.7 Å². The Hall–Kier alpha value is -0.860. The van der Waals surface area contributed by atoms with Crippen LogP contribution in [0.25, 0.3) is 0 Å². The van der Waals surface area contributed by atoms with Gasteiger partial charge in [-0.1, -0.05) is 37.3 Å². The van der Waals surface area contributed by atoms with E-state index in [0.29, 0.717) is 12.1 Å². The number of ether oxygens (including phenoxy) is 1. The van der Waals surface area contributed by atoms with Crippen molar-refractivity contribution in [1.29, 1.82) is 0 Å². The van der Waals surface area contributed by atoms with Crippen LogP contribution >= 0.6 is 24.0 Å². The molecule has 1 aliphatic heterocycles. The fraction of sp³-hybridized carbons (Fsp3) is 0.650. The second kappa shape index (κ2) is 9.90. The van der Waals surface area contributed by atoms with Crippen molar-refractivity contribution in [3.05, 3.63) is 35.9 Å². The van der Waals surface area contributed by atoms with Gasteiger partial charge in [-0.25, -0.2) is 0 Å². The average Bonchev–Trinajstić information content (AvgIpc) is 3.35. The van der Waals surface area contributed by atoms with E-state index in [1.165, 1.54) is 12.0 Å². The van der Waals surface area contributed by atoms with Gasteiger partial charge in [0.2, 0.25) is 0 Å². The lowest BCUT2D eigenvalue weighted by Gasteiger charge is -2.41. The molecule has 1 aliphatic carbocycles. The monoisotopic (exact) mass is 472 g/mol. The van der Waals surface area contributed by atoms with Gasteiger partial charge in [0.1, 0.15) is 0 Å². The molecule has 3 rings (SSSR count). The number of benzene rings is 1. The first kappa shape index (κ1) is 21.4. The Morgan fingerprint density at radius 2 is 1.92 bits per heavy atom. The van der Waals surface area contributed by atoms with E-state index in [-0.39, 0.29) is 29.5 Å². The lowest BCUT2D eigenvalue weighted by molar-refractivity contribution is 0.0355. The zero-order valence-electron chi connectivity index (χ0n) is 16.1. The quantitative estimate of drug-likeness (QED) is 0.339. The number of rotatable bonds is 6. The van der Waals surface area contributed by atoms with Gasteiger partial charge in [-0.05, 0) is 37.7 Å². The molecule has 1 aromatic carbocycles. The molecule has 1 saturated heterocycles. The van der Waals surface area contributed by atoms with Gasteiger partial charge >= 0.3 is 0 Å². The van der Waals surface area contributed by atoms with E-state index in [1.807, 2.05) is 7.05 Å². The van der Waals surface area contributed by atoms with E-state index in [2.05, 4.69) is 65.1 Å². The van der Waals surface area contributed by atoms with Gasteiger partial charge in [-0.2, -0.15) is 0 Å². The summed E-state index contributed by atoms with van der Waals surface area (Å²) >= 11 is 0. The largest absolute Gasteiger partial charge is 0.381 e. The van der Waals surface area contributed by atoms with Crippen molar-refractivity contribution >= 4 is 29.9 Å². The first-order valence-corrected chi connectivity index (χ1v) is 9.49. The normalized spacial score (nSPS) is 25.7. The van der Waals surface area contributed by atoms with Gasteiger partial charge in [-0.15, -0.1) is 24.0 Å². The molecule has 1 saturated carbocycles. The maximum absolute atomic E-state index is 5.62. The number of halogens is 1. The summed E-state index contributed by atoms with van der Waals surface area (Å²) in [7, 11) is 1.85. The molecular formula is C20H33IN4O. The first-order chi connectivity index (χ1) is 12.1. The third-order valence-corrected chi connectivity index (χ3v) is 5.52. The van der Waals surface area contributed by atoms with Gasteiger partial charge in [0, 0.05) is 44.4 Å². The number of guanidine groups is 1. The third kappa shape index (κ3) is 5.82. The molecule has 5 nitrogen and oxygen atoms in total. The second-order valence-corrected chi connectivity index (χ2v) is 7.56. The van der Waals surface area contributed by atoms with E-state index in [0.717, 1.165) is 44.5 Å². The summed E-state index contributed by atoms with van der Waals surface area (Å²) in [5.74, 6) is 1.67. The molecule has 0 spiro atoms. The van der Waals surface area contributed by atoms with E-state index < -0.39 is 0 Å². The van der Waals surface area contributed by atoms with Gasteiger partial charge in [0.15, 0.2) is 5.96 Å². The van der Waals surface area contributed by atoms with Crippen molar-refractivity contribution in [3.63, 3.8) is 0 Å². The summed E-state index contributed by atoms with van der Waals surface area (Å²) in [6.45, 7) is 6.98. The minimum atomic E-state index is 0.